The van der Waals surface area contributed by atoms with E-state index in [4.69, 9.17) is 10.5 Å². The van der Waals surface area contributed by atoms with E-state index < -0.39 is 6.10 Å². The number of nitrogens with two attached hydrogens (primary N) is 1. The molecule has 5 atom stereocenters. The van der Waals surface area contributed by atoms with E-state index in [1.165, 1.54) is 6.92 Å². The average molecular weight is 275 g/mol. The van der Waals surface area contributed by atoms with E-state index in [2.05, 4.69) is 22.9 Å². The van der Waals surface area contributed by atoms with Gasteiger partial charge in [0, 0.05) is 13.5 Å². The molecule has 7 heteroatoms. The predicted molar refractivity (Wildman–Crippen MR) is 70.8 cm³/mol. The van der Waals surface area contributed by atoms with Crippen molar-refractivity contribution in [3.63, 3.8) is 0 Å². The summed E-state index contributed by atoms with van der Waals surface area (Å²) in [5.41, 5.74) is 5.64. The van der Waals surface area contributed by atoms with Crippen molar-refractivity contribution in [2.75, 3.05) is 6.54 Å². The van der Waals surface area contributed by atoms with Crippen LogP contribution in [0.2, 0.25) is 0 Å². The zero-order valence-corrected chi connectivity index (χ0v) is 11.7. The Morgan fingerprint density at radius 3 is 2.39 bits per heavy atom. The molecule has 1 rings (SSSR count). The molecule has 6 nitrogen and oxygen atoms in total. The van der Waals surface area contributed by atoms with Crippen molar-refractivity contribution in [1.29, 1.82) is 0 Å². The SMILES string of the molecule is CC(=O)NC1[C@@H](C)[C@@H](C)C(CN)O[C@H]1C(=O)NS. The van der Waals surface area contributed by atoms with Gasteiger partial charge in [0.05, 0.1) is 12.1 Å². The van der Waals surface area contributed by atoms with Gasteiger partial charge in [-0.15, -0.1) is 0 Å². The molecule has 0 aromatic carbocycles. The molecule has 18 heavy (non-hydrogen) atoms. The summed E-state index contributed by atoms with van der Waals surface area (Å²) in [6, 6.07) is -0.368. The quantitative estimate of drug-likeness (QED) is 0.520. The van der Waals surface area contributed by atoms with Gasteiger partial charge in [-0.25, -0.2) is 0 Å². The van der Waals surface area contributed by atoms with Crippen LogP contribution in [0.1, 0.15) is 20.8 Å². The number of hydrogen-bond donors (Lipinski definition) is 4. The lowest BCUT2D eigenvalue weighted by Crippen LogP contribution is -2.61. The minimum atomic E-state index is -0.758. The number of hydrogen-bond acceptors (Lipinski definition) is 5. The van der Waals surface area contributed by atoms with Crippen LogP contribution in [0, 0.1) is 11.8 Å². The summed E-state index contributed by atoms with van der Waals surface area (Å²) >= 11 is 3.74. The highest BCUT2D eigenvalue weighted by molar-refractivity contribution is 7.78. The lowest BCUT2D eigenvalue weighted by molar-refractivity contribution is -0.156. The topological polar surface area (TPSA) is 93.5 Å². The first-order chi connectivity index (χ1) is 8.42. The Bertz CT molecular complexity index is 327. The Balaban J connectivity index is 2.93. The molecule has 0 aromatic heterocycles. The Morgan fingerprint density at radius 2 is 1.94 bits per heavy atom. The highest BCUT2D eigenvalue weighted by Crippen LogP contribution is 2.30. The highest BCUT2D eigenvalue weighted by Gasteiger charge is 2.44. The summed E-state index contributed by atoms with van der Waals surface area (Å²) < 4.78 is 7.94. The van der Waals surface area contributed by atoms with Crippen LogP contribution in [0.15, 0.2) is 0 Å². The number of carbonyl (C=O) groups excluding carboxylic acids is 2. The summed E-state index contributed by atoms with van der Waals surface area (Å²) in [6.07, 6.45) is -0.952. The molecule has 0 saturated carbocycles. The maximum atomic E-state index is 11.8. The highest BCUT2D eigenvalue weighted by atomic mass is 32.1. The van der Waals surface area contributed by atoms with E-state index in [1.54, 1.807) is 0 Å². The van der Waals surface area contributed by atoms with Crippen molar-refractivity contribution in [1.82, 2.24) is 10.0 Å². The Hall–Kier alpha value is -0.790. The smallest absolute Gasteiger partial charge is 0.260 e. The van der Waals surface area contributed by atoms with Gasteiger partial charge in [0.15, 0.2) is 6.10 Å². The molecule has 1 aliphatic rings. The average Bonchev–Trinajstić information content (AvgIpc) is 2.34. The van der Waals surface area contributed by atoms with Gasteiger partial charge in [-0.3, -0.25) is 9.59 Å². The van der Waals surface area contributed by atoms with E-state index in [0.717, 1.165) is 0 Å². The summed E-state index contributed by atoms with van der Waals surface area (Å²) in [7, 11) is 0. The zero-order chi connectivity index (χ0) is 13.9. The normalized spacial score (nSPS) is 35.9. The van der Waals surface area contributed by atoms with Crippen molar-refractivity contribution in [3.8, 4) is 0 Å². The molecular weight excluding hydrogens is 254 g/mol. The van der Waals surface area contributed by atoms with E-state index in [9.17, 15) is 9.59 Å². The fourth-order valence-corrected chi connectivity index (χ4v) is 2.47. The predicted octanol–water partition coefficient (Wildman–Crippen LogP) is -0.550. The van der Waals surface area contributed by atoms with E-state index >= 15 is 0 Å². The zero-order valence-electron chi connectivity index (χ0n) is 10.8. The molecule has 104 valence electrons. The lowest BCUT2D eigenvalue weighted by atomic mass is 9.79. The van der Waals surface area contributed by atoms with Gasteiger partial charge in [0.1, 0.15) is 0 Å². The Kier molecular flexibility index (Phi) is 5.43. The first-order valence-corrected chi connectivity index (χ1v) is 6.43. The van der Waals surface area contributed by atoms with Crippen molar-refractivity contribution < 1.29 is 14.3 Å². The van der Waals surface area contributed by atoms with Gasteiger partial charge >= 0.3 is 0 Å². The number of carbonyl (C=O) groups is 2. The molecule has 0 bridgehead atoms. The lowest BCUT2D eigenvalue weighted by Gasteiger charge is -2.43. The molecular formula is C11H21N3O3S. The van der Waals surface area contributed by atoms with Crippen LogP contribution in [-0.2, 0) is 14.3 Å². The molecule has 0 radical (unpaired) electrons. The minimum Gasteiger partial charge on any atom is -0.361 e. The molecule has 1 heterocycles. The van der Waals surface area contributed by atoms with Crippen LogP contribution in [0.5, 0.6) is 0 Å². The number of amides is 2. The van der Waals surface area contributed by atoms with Crippen LogP contribution in [-0.4, -0.2) is 36.6 Å². The van der Waals surface area contributed by atoms with Gasteiger partial charge in [-0.05, 0) is 11.8 Å². The molecule has 1 aliphatic heterocycles. The Morgan fingerprint density at radius 1 is 1.33 bits per heavy atom. The van der Waals surface area contributed by atoms with E-state index in [0.29, 0.717) is 6.54 Å². The molecule has 0 aromatic rings. The number of nitrogens with one attached hydrogen (secondary N) is 2. The maximum Gasteiger partial charge on any atom is 0.260 e. The van der Waals surface area contributed by atoms with Gasteiger partial charge in [0.25, 0.3) is 5.91 Å². The molecule has 2 amide bonds. The largest absolute Gasteiger partial charge is 0.361 e. The van der Waals surface area contributed by atoms with Crippen molar-refractivity contribution in [3.05, 3.63) is 0 Å². The summed E-state index contributed by atoms with van der Waals surface area (Å²) in [5, 5.41) is 2.77. The van der Waals surface area contributed by atoms with E-state index in [1.807, 2.05) is 13.8 Å². The van der Waals surface area contributed by atoms with Crippen LogP contribution in [0.4, 0.5) is 0 Å². The van der Waals surface area contributed by atoms with Crippen LogP contribution in [0.25, 0.3) is 0 Å². The third-order valence-corrected chi connectivity index (χ3v) is 3.82. The number of thiol groups is 1. The maximum absolute atomic E-state index is 11.8. The molecule has 0 spiro atoms. The molecule has 1 fully saturated rings. The van der Waals surface area contributed by atoms with Gasteiger partial charge < -0.3 is 20.5 Å². The summed E-state index contributed by atoms with van der Waals surface area (Å²) in [6.45, 7) is 5.75. The minimum absolute atomic E-state index is 0.0897. The van der Waals surface area contributed by atoms with Crippen molar-refractivity contribution >= 4 is 24.6 Å². The third kappa shape index (κ3) is 3.15. The first-order valence-electron chi connectivity index (χ1n) is 5.99. The number of rotatable bonds is 3. The third-order valence-electron chi connectivity index (χ3n) is 3.60. The molecule has 0 aliphatic carbocycles. The second kappa shape index (κ2) is 6.40. The van der Waals surface area contributed by atoms with Crippen molar-refractivity contribution in [2.45, 2.75) is 39.0 Å². The van der Waals surface area contributed by atoms with Gasteiger partial charge in [-0.2, -0.15) is 0 Å². The van der Waals surface area contributed by atoms with Gasteiger partial charge in [0.2, 0.25) is 5.91 Å². The second-order valence-corrected chi connectivity index (χ2v) is 4.98. The first kappa shape index (κ1) is 15.3. The molecule has 2 unspecified atom stereocenters. The summed E-state index contributed by atoms with van der Waals surface area (Å²) in [5.74, 6) is -0.303. The standard InChI is InChI=1S/C11H21N3O3S/c1-5-6(2)9(13-7(3)15)10(11(16)14-18)17-8(5)4-12/h5-6,8-10,18H,4,12H2,1-3H3,(H,13,15)(H,14,16)/t5-,6+,8?,9?,10-/m1/s1. The Labute approximate surface area is 113 Å². The second-order valence-electron chi connectivity index (χ2n) is 4.75. The fraction of sp³-hybridized carbons (Fsp3) is 0.818. The van der Waals surface area contributed by atoms with Crippen LogP contribution >= 0.6 is 12.8 Å². The van der Waals surface area contributed by atoms with E-state index in [-0.39, 0.29) is 35.8 Å². The van der Waals surface area contributed by atoms with Crippen molar-refractivity contribution in [2.24, 2.45) is 17.6 Å². The van der Waals surface area contributed by atoms with Crippen LogP contribution < -0.4 is 15.8 Å². The van der Waals surface area contributed by atoms with Crippen LogP contribution in [0.3, 0.4) is 0 Å². The fourth-order valence-electron chi connectivity index (χ4n) is 2.34. The molecule has 4 N–H and O–H groups in total. The van der Waals surface area contributed by atoms with Gasteiger partial charge in [-0.1, -0.05) is 26.7 Å². The number of ether oxygens (including phenoxy) is 1. The summed E-state index contributed by atoms with van der Waals surface area (Å²) in [4.78, 5) is 23.0. The molecule has 1 saturated heterocycles. The monoisotopic (exact) mass is 275 g/mol.